The number of benzene rings is 2. The number of ether oxygens (including phenoxy) is 1. The van der Waals surface area contributed by atoms with E-state index in [-0.39, 0.29) is 5.25 Å². The molecule has 1 aromatic heterocycles. The summed E-state index contributed by atoms with van der Waals surface area (Å²) < 4.78 is 7.52. The first-order valence-electron chi connectivity index (χ1n) is 8.24. The highest BCUT2D eigenvalue weighted by atomic mass is 35.5. The maximum atomic E-state index is 6.34. The molecule has 134 valence electrons. The van der Waals surface area contributed by atoms with E-state index in [2.05, 4.69) is 23.7 Å². The Labute approximate surface area is 162 Å². The third-order valence-electron chi connectivity index (χ3n) is 4.00. The van der Waals surface area contributed by atoms with E-state index >= 15 is 0 Å². The third kappa shape index (κ3) is 3.79. The number of hydrogen-bond acceptors (Lipinski definition) is 4. The van der Waals surface area contributed by atoms with Gasteiger partial charge in [-0.15, -0.1) is 16.8 Å². The highest BCUT2D eigenvalue weighted by Crippen LogP contribution is 2.39. The largest absolute Gasteiger partial charge is 0.496 e. The zero-order valence-corrected chi connectivity index (χ0v) is 16.3. The molecule has 2 aromatic carbocycles. The Balaban J connectivity index is 1.97. The maximum Gasteiger partial charge on any atom is 0.192 e. The molecular weight excluding hydrogens is 366 g/mol. The molecule has 1 unspecified atom stereocenters. The van der Waals surface area contributed by atoms with Crippen molar-refractivity contribution in [3.05, 3.63) is 71.8 Å². The second kappa shape index (κ2) is 8.43. The summed E-state index contributed by atoms with van der Waals surface area (Å²) in [6.45, 7) is 6.59. The van der Waals surface area contributed by atoms with Crippen LogP contribution in [0.4, 0.5) is 0 Å². The van der Waals surface area contributed by atoms with Crippen molar-refractivity contribution in [1.29, 1.82) is 0 Å². The first-order chi connectivity index (χ1) is 12.7. The maximum absolute atomic E-state index is 6.34. The van der Waals surface area contributed by atoms with Gasteiger partial charge in [0.1, 0.15) is 5.75 Å². The molecule has 0 saturated carbocycles. The average molecular weight is 386 g/mol. The van der Waals surface area contributed by atoms with Crippen molar-refractivity contribution in [3.63, 3.8) is 0 Å². The van der Waals surface area contributed by atoms with E-state index in [4.69, 9.17) is 16.3 Å². The molecule has 26 heavy (non-hydrogen) atoms. The molecule has 0 N–H and O–H groups in total. The Morgan fingerprint density at radius 3 is 2.65 bits per heavy atom. The van der Waals surface area contributed by atoms with E-state index in [9.17, 15) is 0 Å². The van der Waals surface area contributed by atoms with Gasteiger partial charge in [0, 0.05) is 16.8 Å². The number of aromatic nitrogens is 3. The fourth-order valence-electron chi connectivity index (χ4n) is 2.72. The number of thioether (sulfide) groups is 1. The van der Waals surface area contributed by atoms with Crippen molar-refractivity contribution in [2.45, 2.75) is 23.9 Å². The molecule has 0 saturated heterocycles. The molecule has 3 rings (SSSR count). The quantitative estimate of drug-likeness (QED) is 0.389. The van der Waals surface area contributed by atoms with E-state index < -0.39 is 0 Å². The van der Waals surface area contributed by atoms with Gasteiger partial charge in [-0.25, -0.2) is 0 Å². The second-order valence-electron chi connectivity index (χ2n) is 5.69. The lowest BCUT2D eigenvalue weighted by Gasteiger charge is -2.14. The lowest BCUT2D eigenvalue weighted by molar-refractivity contribution is 0.416. The van der Waals surface area contributed by atoms with Gasteiger partial charge in [0.15, 0.2) is 11.0 Å². The van der Waals surface area contributed by atoms with Crippen LogP contribution >= 0.6 is 23.4 Å². The molecule has 0 spiro atoms. The first-order valence-corrected chi connectivity index (χ1v) is 9.50. The van der Waals surface area contributed by atoms with Crippen molar-refractivity contribution in [1.82, 2.24) is 14.8 Å². The van der Waals surface area contributed by atoms with Gasteiger partial charge in [-0.05, 0) is 30.7 Å². The lowest BCUT2D eigenvalue weighted by atomic mass is 10.2. The molecular formula is C20H20ClN3OS. The van der Waals surface area contributed by atoms with Crippen LogP contribution in [-0.2, 0) is 6.54 Å². The molecule has 0 amide bonds. The number of para-hydroxylation sites is 1. The van der Waals surface area contributed by atoms with Gasteiger partial charge >= 0.3 is 0 Å². The molecule has 0 aliphatic heterocycles. The molecule has 0 aliphatic carbocycles. The predicted molar refractivity (Wildman–Crippen MR) is 108 cm³/mol. The Morgan fingerprint density at radius 2 is 1.92 bits per heavy atom. The van der Waals surface area contributed by atoms with E-state index in [0.29, 0.717) is 6.54 Å². The normalized spacial score (nSPS) is 12.0. The van der Waals surface area contributed by atoms with Crippen LogP contribution in [0.2, 0.25) is 5.02 Å². The Bertz CT molecular complexity index is 910. The summed E-state index contributed by atoms with van der Waals surface area (Å²) in [6, 6.07) is 15.7. The van der Waals surface area contributed by atoms with Crippen LogP contribution in [0.15, 0.2) is 66.3 Å². The topological polar surface area (TPSA) is 39.9 Å². The minimum atomic E-state index is 0.141. The number of nitrogens with zero attached hydrogens (tertiary/aromatic N) is 3. The van der Waals surface area contributed by atoms with Gasteiger partial charge in [-0.1, -0.05) is 59.8 Å². The van der Waals surface area contributed by atoms with Crippen molar-refractivity contribution < 1.29 is 4.74 Å². The van der Waals surface area contributed by atoms with Gasteiger partial charge < -0.3 is 4.74 Å². The zero-order valence-electron chi connectivity index (χ0n) is 14.7. The van der Waals surface area contributed by atoms with Crippen LogP contribution in [0, 0.1) is 0 Å². The van der Waals surface area contributed by atoms with E-state index in [1.165, 1.54) is 0 Å². The number of rotatable bonds is 7. The van der Waals surface area contributed by atoms with Crippen molar-refractivity contribution >= 4 is 23.4 Å². The summed E-state index contributed by atoms with van der Waals surface area (Å²) in [5, 5.41) is 10.5. The lowest BCUT2D eigenvalue weighted by Crippen LogP contribution is -2.02. The third-order valence-corrected chi connectivity index (χ3v) is 5.47. The van der Waals surface area contributed by atoms with Crippen LogP contribution in [0.5, 0.6) is 5.75 Å². The molecule has 6 heteroatoms. The molecule has 0 radical (unpaired) electrons. The van der Waals surface area contributed by atoms with Gasteiger partial charge in [-0.2, -0.15) is 0 Å². The van der Waals surface area contributed by atoms with Gasteiger partial charge in [0.2, 0.25) is 0 Å². The van der Waals surface area contributed by atoms with Crippen LogP contribution in [0.1, 0.15) is 17.7 Å². The fraction of sp³-hybridized carbons (Fsp3) is 0.200. The van der Waals surface area contributed by atoms with Crippen LogP contribution in [-0.4, -0.2) is 21.9 Å². The predicted octanol–water partition coefficient (Wildman–Crippen LogP) is 5.65. The summed E-state index contributed by atoms with van der Waals surface area (Å²) in [4.78, 5) is 0. The average Bonchev–Trinajstić information content (AvgIpc) is 3.04. The Hall–Kier alpha value is -2.24. The monoisotopic (exact) mass is 385 g/mol. The van der Waals surface area contributed by atoms with Crippen LogP contribution in [0.25, 0.3) is 11.4 Å². The first kappa shape index (κ1) is 18.5. The summed E-state index contributed by atoms with van der Waals surface area (Å²) in [5.41, 5.74) is 1.98. The molecule has 0 fully saturated rings. The summed E-state index contributed by atoms with van der Waals surface area (Å²) in [7, 11) is 1.65. The Kier molecular flexibility index (Phi) is 6.01. The van der Waals surface area contributed by atoms with Crippen LogP contribution < -0.4 is 4.74 Å². The van der Waals surface area contributed by atoms with E-state index in [1.54, 1.807) is 18.9 Å². The number of allylic oxidation sites excluding steroid dienone is 1. The zero-order chi connectivity index (χ0) is 18.5. The summed E-state index contributed by atoms with van der Waals surface area (Å²) >= 11 is 7.96. The number of methoxy groups -OCH3 is 1. The highest BCUT2D eigenvalue weighted by molar-refractivity contribution is 7.99. The molecule has 1 atom stereocenters. The van der Waals surface area contributed by atoms with Crippen molar-refractivity contribution in [3.8, 4) is 17.1 Å². The summed E-state index contributed by atoms with van der Waals surface area (Å²) in [6.07, 6.45) is 1.84. The molecule has 0 bridgehead atoms. The molecule has 0 aliphatic rings. The SMILES string of the molecule is C=CCn1c(SC(C)c2ccccc2Cl)nnc1-c1ccccc1OC. The van der Waals surface area contributed by atoms with Crippen molar-refractivity contribution in [2.24, 2.45) is 0 Å². The molecule has 3 aromatic rings. The standard InChI is InChI=1S/C20H20ClN3OS/c1-4-13-24-19(16-10-6-8-12-18(16)25-3)22-23-20(24)26-14(2)15-9-5-7-11-17(15)21/h4-12,14H,1,13H2,2-3H3. The second-order valence-corrected chi connectivity index (χ2v) is 7.40. The van der Waals surface area contributed by atoms with Gasteiger partial charge in [-0.3, -0.25) is 4.57 Å². The van der Waals surface area contributed by atoms with Gasteiger partial charge in [0.05, 0.1) is 12.7 Å². The smallest absolute Gasteiger partial charge is 0.192 e. The number of halogens is 1. The summed E-state index contributed by atoms with van der Waals surface area (Å²) in [5.74, 6) is 1.53. The van der Waals surface area contributed by atoms with Crippen molar-refractivity contribution in [2.75, 3.05) is 7.11 Å². The van der Waals surface area contributed by atoms with E-state index in [1.807, 2.05) is 59.2 Å². The Morgan fingerprint density at radius 1 is 1.19 bits per heavy atom. The fourth-order valence-corrected chi connectivity index (χ4v) is 4.11. The van der Waals surface area contributed by atoms with E-state index in [0.717, 1.165) is 32.9 Å². The molecule has 1 heterocycles. The highest BCUT2D eigenvalue weighted by Gasteiger charge is 2.20. The minimum absolute atomic E-state index is 0.141. The van der Waals surface area contributed by atoms with Crippen LogP contribution in [0.3, 0.4) is 0 Å². The number of hydrogen-bond donors (Lipinski definition) is 0. The minimum Gasteiger partial charge on any atom is -0.496 e. The van der Waals surface area contributed by atoms with Gasteiger partial charge in [0.25, 0.3) is 0 Å². The molecule has 4 nitrogen and oxygen atoms in total.